The van der Waals surface area contributed by atoms with Crippen molar-refractivity contribution in [3.63, 3.8) is 0 Å². The van der Waals surface area contributed by atoms with E-state index in [1.54, 1.807) is 12.1 Å². The lowest BCUT2D eigenvalue weighted by Gasteiger charge is -2.34. The van der Waals surface area contributed by atoms with Crippen LogP contribution in [0.3, 0.4) is 0 Å². The summed E-state index contributed by atoms with van der Waals surface area (Å²) in [6.45, 7) is 12.4. The van der Waals surface area contributed by atoms with Crippen molar-refractivity contribution in [2.45, 2.75) is 26.3 Å². The van der Waals surface area contributed by atoms with Crippen LogP contribution in [0.5, 0.6) is 5.75 Å². The average molecular weight is 332 g/mol. The fraction of sp³-hybridized carbons (Fsp3) is 0.526. The zero-order chi connectivity index (χ0) is 17.4. The molecule has 5 nitrogen and oxygen atoms in total. The standard InChI is InChI=1S/C19H28N2O3/c1-4-17(21-9-11-23-12-10-21)13-20-19(22)16-5-7-18(8-6-16)24-14-15(2)3/h5-8,17H,2,4,9-14H2,1,3H3,(H,20,22)/t17-/m0/s1. The number of carbonyl (C=O) groups excluding carboxylic acids is 1. The summed E-state index contributed by atoms with van der Waals surface area (Å²) >= 11 is 0. The van der Waals surface area contributed by atoms with Gasteiger partial charge in [0.2, 0.25) is 0 Å². The lowest BCUT2D eigenvalue weighted by molar-refractivity contribution is 0.0159. The second-order valence-corrected chi connectivity index (χ2v) is 6.19. The molecule has 1 saturated heterocycles. The number of rotatable bonds is 8. The van der Waals surface area contributed by atoms with Crippen LogP contribution in [0, 0.1) is 0 Å². The zero-order valence-electron chi connectivity index (χ0n) is 14.7. The zero-order valence-corrected chi connectivity index (χ0v) is 14.7. The molecule has 0 aliphatic carbocycles. The Balaban J connectivity index is 1.83. The summed E-state index contributed by atoms with van der Waals surface area (Å²) in [4.78, 5) is 14.7. The van der Waals surface area contributed by atoms with Gasteiger partial charge in [-0.2, -0.15) is 0 Å². The van der Waals surface area contributed by atoms with Crippen molar-refractivity contribution in [1.29, 1.82) is 0 Å². The largest absolute Gasteiger partial charge is 0.489 e. The molecule has 24 heavy (non-hydrogen) atoms. The van der Waals surface area contributed by atoms with Crippen molar-refractivity contribution in [3.05, 3.63) is 42.0 Å². The number of hydrogen-bond acceptors (Lipinski definition) is 4. The topological polar surface area (TPSA) is 50.8 Å². The normalized spacial score (nSPS) is 16.4. The van der Waals surface area contributed by atoms with E-state index in [0.717, 1.165) is 44.0 Å². The average Bonchev–Trinajstić information content (AvgIpc) is 2.61. The minimum atomic E-state index is -0.0480. The summed E-state index contributed by atoms with van der Waals surface area (Å²) < 4.78 is 10.9. The highest BCUT2D eigenvalue weighted by molar-refractivity contribution is 5.94. The molecule has 1 aromatic rings. The van der Waals surface area contributed by atoms with Gasteiger partial charge in [0, 0.05) is 31.2 Å². The van der Waals surface area contributed by atoms with Gasteiger partial charge in [0.25, 0.3) is 5.91 Å². The first-order chi connectivity index (χ1) is 11.6. The SMILES string of the molecule is C=C(C)COc1ccc(C(=O)NC[C@H](CC)N2CCOCC2)cc1. The summed E-state index contributed by atoms with van der Waals surface area (Å²) in [7, 11) is 0. The lowest BCUT2D eigenvalue weighted by Crippen LogP contribution is -2.48. The van der Waals surface area contributed by atoms with Crippen molar-refractivity contribution in [1.82, 2.24) is 10.2 Å². The number of amides is 1. The molecule has 1 aliphatic heterocycles. The molecule has 0 saturated carbocycles. The van der Waals surface area contributed by atoms with E-state index in [9.17, 15) is 4.79 Å². The molecule has 0 aromatic heterocycles. The number of carbonyl (C=O) groups is 1. The first-order valence-electron chi connectivity index (χ1n) is 8.57. The smallest absolute Gasteiger partial charge is 0.251 e. The Bertz CT molecular complexity index is 536. The van der Waals surface area contributed by atoms with Crippen molar-refractivity contribution < 1.29 is 14.3 Å². The Morgan fingerprint density at radius 1 is 1.33 bits per heavy atom. The first kappa shape index (κ1) is 18.5. The van der Waals surface area contributed by atoms with Gasteiger partial charge in [0.05, 0.1) is 13.2 Å². The Morgan fingerprint density at radius 2 is 2.00 bits per heavy atom. The molecule has 0 unspecified atom stereocenters. The van der Waals surface area contributed by atoms with Gasteiger partial charge in [-0.15, -0.1) is 0 Å². The molecule has 1 heterocycles. The molecule has 1 N–H and O–H groups in total. The quantitative estimate of drug-likeness (QED) is 0.743. The van der Waals surface area contributed by atoms with Gasteiger partial charge >= 0.3 is 0 Å². The Morgan fingerprint density at radius 3 is 2.58 bits per heavy atom. The van der Waals surface area contributed by atoms with Crippen molar-refractivity contribution in [2.75, 3.05) is 39.5 Å². The molecule has 1 fully saturated rings. The molecule has 132 valence electrons. The molecule has 5 heteroatoms. The first-order valence-corrected chi connectivity index (χ1v) is 8.57. The van der Waals surface area contributed by atoms with Crippen LogP contribution in [0.4, 0.5) is 0 Å². The Kier molecular flexibility index (Phi) is 7.28. The molecule has 0 spiro atoms. The van der Waals surface area contributed by atoms with Gasteiger partial charge in [-0.25, -0.2) is 0 Å². The van der Waals surface area contributed by atoms with Crippen LogP contribution in [-0.2, 0) is 4.74 Å². The summed E-state index contributed by atoms with van der Waals surface area (Å²) in [6, 6.07) is 7.57. The van der Waals surface area contributed by atoms with Gasteiger partial charge < -0.3 is 14.8 Å². The van der Waals surface area contributed by atoms with Crippen LogP contribution in [0.25, 0.3) is 0 Å². The maximum Gasteiger partial charge on any atom is 0.251 e. The molecule has 1 amide bonds. The Hall–Kier alpha value is -1.85. The predicted molar refractivity (Wildman–Crippen MR) is 95.6 cm³/mol. The summed E-state index contributed by atoms with van der Waals surface area (Å²) in [5, 5.41) is 3.04. The number of nitrogens with one attached hydrogen (secondary N) is 1. The fourth-order valence-electron chi connectivity index (χ4n) is 2.70. The maximum atomic E-state index is 12.3. The minimum Gasteiger partial charge on any atom is -0.489 e. The van der Waals surface area contributed by atoms with Crippen molar-refractivity contribution >= 4 is 5.91 Å². The highest BCUT2D eigenvalue weighted by Gasteiger charge is 2.20. The van der Waals surface area contributed by atoms with E-state index in [0.29, 0.717) is 24.8 Å². The molecular weight excluding hydrogens is 304 g/mol. The van der Waals surface area contributed by atoms with Crippen molar-refractivity contribution in [2.24, 2.45) is 0 Å². The molecule has 2 rings (SSSR count). The number of morpholine rings is 1. The van der Waals surface area contributed by atoms with Crippen LogP contribution >= 0.6 is 0 Å². The van der Waals surface area contributed by atoms with Crippen LogP contribution < -0.4 is 10.1 Å². The van der Waals surface area contributed by atoms with E-state index in [-0.39, 0.29) is 5.91 Å². The van der Waals surface area contributed by atoms with E-state index in [1.165, 1.54) is 0 Å². The molecule has 0 radical (unpaired) electrons. The van der Waals surface area contributed by atoms with Gasteiger partial charge in [-0.3, -0.25) is 9.69 Å². The number of hydrogen-bond donors (Lipinski definition) is 1. The van der Waals surface area contributed by atoms with Crippen LogP contribution in [-0.4, -0.2) is 56.3 Å². The second-order valence-electron chi connectivity index (χ2n) is 6.19. The predicted octanol–water partition coefficient (Wildman–Crippen LogP) is 2.48. The minimum absolute atomic E-state index is 0.0480. The van der Waals surface area contributed by atoms with Crippen molar-refractivity contribution in [3.8, 4) is 5.75 Å². The van der Waals surface area contributed by atoms with Gasteiger partial charge in [0.1, 0.15) is 12.4 Å². The number of ether oxygens (including phenoxy) is 2. The third-order valence-corrected chi connectivity index (χ3v) is 4.13. The third kappa shape index (κ3) is 5.65. The summed E-state index contributed by atoms with van der Waals surface area (Å²) in [5.41, 5.74) is 1.61. The Labute approximate surface area is 144 Å². The number of nitrogens with zero attached hydrogens (tertiary/aromatic N) is 1. The molecular formula is C19H28N2O3. The maximum absolute atomic E-state index is 12.3. The molecule has 1 aromatic carbocycles. The van der Waals surface area contributed by atoms with E-state index < -0.39 is 0 Å². The van der Waals surface area contributed by atoms with E-state index in [1.807, 2.05) is 19.1 Å². The third-order valence-electron chi connectivity index (χ3n) is 4.13. The lowest BCUT2D eigenvalue weighted by atomic mass is 10.1. The summed E-state index contributed by atoms with van der Waals surface area (Å²) in [6.07, 6.45) is 1.01. The highest BCUT2D eigenvalue weighted by Crippen LogP contribution is 2.13. The number of benzene rings is 1. The highest BCUT2D eigenvalue weighted by atomic mass is 16.5. The van der Waals surface area contributed by atoms with E-state index in [2.05, 4.69) is 23.7 Å². The van der Waals surface area contributed by atoms with Crippen LogP contribution in [0.2, 0.25) is 0 Å². The fourth-order valence-corrected chi connectivity index (χ4v) is 2.70. The van der Waals surface area contributed by atoms with Gasteiger partial charge in [-0.05, 0) is 43.2 Å². The molecule has 1 atom stereocenters. The molecule has 0 bridgehead atoms. The summed E-state index contributed by atoms with van der Waals surface area (Å²) in [5.74, 6) is 0.697. The second kappa shape index (κ2) is 9.45. The monoisotopic (exact) mass is 332 g/mol. The van der Waals surface area contributed by atoms with Gasteiger partial charge in [-0.1, -0.05) is 13.5 Å². The van der Waals surface area contributed by atoms with Gasteiger partial charge in [0.15, 0.2) is 0 Å². The van der Waals surface area contributed by atoms with Crippen LogP contribution in [0.15, 0.2) is 36.4 Å². The van der Waals surface area contributed by atoms with E-state index >= 15 is 0 Å². The molecule has 1 aliphatic rings. The van der Waals surface area contributed by atoms with Crippen LogP contribution in [0.1, 0.15) is 30.6 Å². The van der Waals surface area contributed by atoms with E-state index in [4.69, 9.17) is 9.47 Å².